The number of benzene rings is 2. The molecule has 0 bridgehead atoms. The highest BCUT2D eigenvalue weighted by atomic mass is 19.4. The number of rotatable bonds is 3. The number of anilines is 2. The molecular formula is C23H13F8N5. The Morgan fingerprint density at radius 3 is 2.36 bits per heavy atom. The first-order valence-corrected chi connectivity index (χ1v) is 10.4. The van der Waals surface area contributed by atoms with Crippen molar-refractivity contribution in [1.82, 2.24) is 19.6 Å². The van der Waals surface area contributed by atoms with Crippen LogP contribution in [0.5, 0.6) is 0 Å². The second-order valence-corrected chi connectivity index (χ2v) is 8.29. The average molecular weight is 511 g/mol. The number of fused-ring (bicyclic) bond motifs is 3. The van der Waals surface area contributed by atoms with Gasteiger partial charge in [0.1, 0.15) is 23.6 Å². The molecule has 13 heteroatoms. The summed E-state index contributed by atoms with van der Waals surface area (Å²) in [4.78, 5) is 4.66. The number of aromatic nitrogens is 4. The Hall–Kier alpha value is -3.95. The molecule has 1 aliphatic rings. The Labute approximate surface area is 197 Å². The molecule has 0 radical (unpaired) electrons. The van der Waals surface area contributed by atoms with Crippen LogP contribution in [-0.4, -0.2) is 38.5 Å². The van der Waals surface area contributed by atoms with E-state index in [9.17, 15) is 35.1 Å². The molecule has 2 heterocycles. The van der Waals surface area contributed by atoms with Crippen molar-refractivity contribution in [3.05, 3.63) is 59.9 Å². The molecular weight excluding hydrogens is 498 g/mol. The zero-order valence-electron chi connectivity index (χ0n) is 17.9. The summed E-state index contributed by atoms with van der Waals surface area (Å²) in [5, 5.41) is 6.88. The lowest BCUT2D eigenvalue weighted by Gasteiger charge is -2.26. The van der Waals surface area contributed by atoms with Gasteiger partial charge < -0.3 is 4.90 Å². The molecule has 5 nitrogen and oxygen atoms in total. The first-order chi connectivity index (χ1) is 16.9. The summed E-state index contributed by atoms with van der Waals surface area (Å²) in [5.74, 6) is 2.67. The van der Waals surface area contributed by atoms with Gasteiger partial charge in [0.05, 0.1) is 5.52 Å². The number of halogens is 8. The normalized spacial score (nSPS) is 15.1. The average Bonchev–Trinajstić information content (AvgIpc) is 3.51. The minimum absolute atomic E-state index is 0.0684. The Morgan fingerprint density at radius 2 is 1.69 bits per heavy atom. The number of hydrogen-bond donors (Lipinski definition) is 0. The molecule has 0 N–H and O–H groups in total. The summed E-state index contributed by atoms with van der Waals surface area (Å²) in [5.41, 5.74) is -2.71. The van der Waals surface area contributed by atoms with E-state index in [0.29, 0.717) is 4.90 Å². The van der Waals surface area contributed by atoms with Crippen LogP contribution in [0.25, 0.3) is 16.7 Å². The molecule has 0 unspecified atom stereocenters. The fourth-order valence-electron chi connectivity index (χ4n) is 3.82. The van der Waals surface area contributed by atoms with Crippen LogP contribution in [-0.2, 0) is 0 Å². The lowest BCUT2D eigenvalue weighted by atomic mass is 10.1. The largest absolute Gasteiger partial charge is 0.406 e. The second kappa shape index (κ2) is 8.04. The van der Waals surface area contributed by atoms with Crippen LogP contribution in [0.15, 0.2) is 42.5 Å². The van der Waals surface area contributed by atoms with Crippen molar-refractivity contribution >= 4 is 28.2 Å². The van der Waals surface area contributed by atoms with Gasteiger partial charge in [0.15, 0.2) is 0 Å². The van der Waals surface area contributed by atoms with Gasteiger partial charge in [-0.15, -0.1) is 5.10 Å². The predicted molar refractivity (Wildman–Crippen MR) is 112 cm³/mol. The smallest absolute Gasteiger partial charge is 0.316 e. The third kappa shape index (κ3) is 4.27. The topological polar surface area (TPSA) is 46.3 Å². The number of para-hydroxylation sites is 1. The van der Waals surface area contributed by atoms with Crippen molar-refractivity contribution in [2.24, 2.45) is 5.41 Å². The van der Waals surface area contributed by atoms with Gasteiger partial charge in [0.2, 0.25) is 0 Å². The van der Waals surface area contributed by atoms with E-state index in [1.165, 1.54) is 24.3 Å². The van der Waals surface area contributed by atoms with Crippen molar-refractivity contribution in [3.63, 3.8) is 0 Å². The van der Waals surface area contributed by atoms with Gasteiger partial charge in [0, 0.05) is 16.6 Å². The van der Waals surface area contributed by atoms with E-state index < -0.39 is 36.2 Å². The summed E-state index contributed by atoms with van der Waals surface area (Å²) in [7, 11) is 0. The quantitative estimate of drug-likeness (QED) is 0.252. The van der Waals surface area contributed by atoms with Gasteiger partial charge in [-0.05, 0) is 43.2 Å². The van der Waals surface area contributed by atoms with Crippen LogP contribution in [0, 0.1) is 29.2 Å². The molecule has 0 saturated heterocycles. The maximum atomic E-state index is 14.5. The summed E-state index contributed by atoms with van der Waals surface area (Å²) in [6, 6.07) is 8.46. The van der Waals surface area contributed by atoms with Crippen molar-refractivity contribution in [3.8, 4) is 11.8 Å². The predicted octanol–water partition coefficient (Wildman–Crippen LogP) is 5.95. The minimum Gasteiger partial charge on any atom is -0.316 e. The third-order valence-corrected chi connectivity index (χ3v) is 5.72. The summed E-state index contributed by atoms with van der Waals surface area (Å²) in [6.45, 7) is -1.64. The standard InChI is InChI=1S/C23H13F8N5/c24-14-9-13(5-6-21(7-8-21)23(29,30)31)10-15(11-14)35(12-22(26,27)28)18-16-3-1-2-4-17(16)36-19(25)33-34-20(36)32-18/h1-4,9-11H,7-8,12H2. The first kappa shape index (κ1) is 23.8. The number of nitrogens with zero attached hydrogens (tertiary/aromatic N) is 5. The van der Waals surface area contributed by atoms with Crippen molar-refractivity contribution in [2.75, 3.05) is 11.4 Å². The monoisotopic (exact) mass is 511 g/mol. The van der Waals surface area contributed by atoms with E-state index in [2.05, 4.69) is 27.0 Å². The molecule has 2 aromatic heterocycles. The molecule has 4 aromatic rings. The molecule has 36 heavy (non-hydrogen) atoms. The van der Waals surface area contributed by atoms with Crippen LogP contribution >= 0.6 is 0 Å². The highest BCUT2D eigenvalue weighted by molar-refractivity contribution is 5.93. The number of alkyl halides is 6. The fraction of sp³-hybridized carbons (Fsp3) is 0.261. The van der Waals surface area contributed by atoms with Crippen LogP contribution in [0.2, 0.25) is 0 Å². The molecule has 186 valence electrons. The van der Waals surface area contributed by atoms with E-state index in [4.69, 9.17) is 0 Å². The molecule has 1 aliphatic carbocycles. The molecule has 1 fully saturated rings. The van der Waals surface area contributed by atoms with Gasteiger partial charge in [-0.1, -0.05) is 29.1 Å². The van der Waals surface area contributed by atoms with Gasteiger partial charge in [-0.25, -0.2) is 8.79 Å². The second-order valence-electron chi connectivity index (χ2n) is 8.29. The van der Waals surface area contributed by atoms with E-state index in [1.54, 1.807) is 0 Å². The highest BCUT2D eigenvalue weighted by Crippen LogP contribution is 2.57. The van der Waals surface area contributed by atoms with Gasteiger partial charge in [-0.2, -0.15) is 35.7 Å². The molecule has 0 aliphatic heterocycles. The SMILES string of the molecule is Fc1cc(C#CC2(C(F)(F)F)CC2)cc(N(CC(F)(F)F)c2nc3nnc(F)n3c3ccccc23)c1. The van der Waals surface area contributed by atoms with Crippen molar-refractivity contribution in [1.29, 1.82) is 0 Å². The summed E-state index contributed by atoms with van der Waals surface area (Å²) < 4.78 is 110. The molecule has 0 spiro atoms. The first-order valence-electron chi connectivity index (χ1n) is 10.4. The van der Waals surface area contributed by atoms with Gasteiger partial charge in [0.25, 0.3) is 5.78 Å². The van der Waals surface area contributed by atoms with Crippen LogP contribution in [0.1, 0.15) is 18.4 Å². The van der Waals surface area contributed by atoms with Crippen molar-refractivity contribution < 1.29 is 35.1 Å². The van der Waals surface area contributed by atoms with E-state index in [1.807, 2.05) is 0 Å². The minimum atomic E-state index is -4.81. The Morgan fingerprint density at radius 1 is 0.972 bits per heavy atom. The highest BCUT2D eigenvalue weighted by Gasteiger charge is 2.62. The Bertz CT molecular complexity index is 1540. The van der Waals surface area contributed by atoms with Crippen LogP contribution < -0.4 is 4.90 Å². The molecule has 2 aromatic carbocycles. The van der Waals surface area contributed by atoms with Crippen molar-refractivity contribution in [2.45, 2.75) is 25.2 Å². The maximum absolute atomic E-state index is 14.5. The van der Waals surface area contributed by atoms with Crippen LogP contribution in [0.4, 0.5) is 46.6 Å². The lowest BCUT2D eigenvalue weighted by molar-refractivity contribution is -0.168. The van der Waals surface area contributed by atoms with E-state index in [-0.39, 0.29) is 46.6 Å². The zero-order valence-corrected chi connectivity index (χ0v) is 17.9. The van der Waals surface area contributed by atoms with Gasteiger partial charge in [-0.3, -0.25) is 0 Å². The molecule has 0 amide bonds. The molecule has 1 saturated carbocycles. The lowest BCUT2D eigenvalue weighted by Crippen LogP contribution is -2.31. The molecule has 5 rings (SSSR count). The summed E-state index contributed by atoms with van der Waals surface area (Å²) in [6.07, 6.45) is -10.8. The fourth-order valence-corrected chi connectivity index (χ4v) is 3.82. The summed E-state index contributed by atoms with van der Waals surface area (Å²) >= 11 is 0. The van der Waals surface area contributed by atoms with E-state index >= 15 is 0 Å². The maximum Gasteiger partial charge on any atom is 0.406 e. The van der Waals surface area contributed by atoms with Gasteiger partial charge >= 0.3 is 18.4 Å². The Kier molecular flexibility index (Phi) is 5.31. The number of hydrogen-bond acceptors (Lipinski definition) is 4. The third-order valence-electron chi connectivity index (χ3n) is 5.72. The Balaban J connectivity index is 1.68. The van der Waals surface area contributed by atoms with Crippen LogP contribution in [0.3, 0.4) is 0 Å². The zero-order chi connectivity index (χ0) is 25.9. The molecule has 0 atom stereocenters. The van der Waals surface area contributed by atoms with E-state index in [0.717, 1.165) is 22.6 Å².